The van der Waals surface area contributed by atoms with E-state index in [9.17, 15) is 0 Å². The summed E-state index contributed by atoms with van der Waals surface area (Å²) in [5.41, 5.74) is 0. The van der Waals surface area contributed by atoms with Gasteiger partial charge in [-0.1, -0.05) is 31.9 Å². The maximum absolute atomic E-state index is 3.48. The molecule has 0 amide bonds. The third kappa shape index (κ3) is 0.969. The molecule has 0 heterocycles. The summed E-state index contributed by atoms with van der Waals surface area (Å²) in [5, 5.41) is 1.17. The van der Waals surface area contributed by atoms with Crippen LogP contribution in [0.4, 0.5) is 0 Å². The molecule has 0 aromatic heterocycles. The molecule has 36 valence electrons. The molecule has 1 rings (SSSR count). The predicted octanol–water partition coefficient (Wildman–Crippen LogP) is 2.16. The smallest absolute Gasteiger partial charge is 0.0185 e. The van der Waals surface area contributed by atoms with Crippen LogP contribution in [0.25, 0.3) is 0 Å². The molecule has 0 bridgehead atoms. The second-order valence-electron chi connectivity index (χ2n) is 1.67. The molecule has 0 aromatic carbocycles. The maximum atomic E-state index is 3.48. The average molecular weight is 214 g/mol. The second kappa shape index (κ2) is 1.83. The van der Waals surface area contributed by atoms with Gasteiger partial charge >= 0.3 is 0 Å². The first-order valence-corrected chi connectivity index (χ1v) is 4.08. The fourth-order valence-electron chi connectivity index (χ4n) is 0.370. The summed E-state index contributed by atoms with van der Waals surface area (Å²) >= 11 is 6.87. The van der Waals surface area contributed by atoms with Crippen LogP contribution in [0.15, 0.2) is 0 Å². The molecule has 0 spiro atoms. The minimum atomic E-state index is 0.830. The van der Waals surface area contributed by atoms with Crippen LogP contribution in [0, 0.1) is 5.92 Å². The molecule has 6 heavy (non-hydrogen) atoms. The van der Waals surface area contributed by atoms with Gasteiger partial charge in [-0.15, -0.1) is 0 Å². The van der Waals surface area contributed by atoms with E-state index < -0.39 is 0 Å². The lowest BCUT2D eigenvalue weighted by molar-refractivity contribution is 1.02. The molecule has 0 N–H and O–H groups in total. The van der Waals surface area contributed by atoms with E-state index in [1.54, 1.807) is 0 Å². The Balaban J connectivity index is 2.09. The lowest BCUT2D eigenvalue weighted by Gasteiger charge is -1.76. The summed E-state index contributed by atoms with van der Waals surface area (Å²) < 4.78 is 0. The quantitative estimate of drug-likeness (QED) is 0.586. The summed E-state index contributed by atoms with van der Waals surface area (Å²) in [6.45, 7) is 0. The van der Waals surface area contributed by atoms with E-state index in [1.807, 2.05) is 0 Å². The molecule has 0 nitrogen and oxygen atoms in total. The van der Waals surface area contributed by atoms with Crippen molar-refractivity contribution in [2.75, 3.05) is 5.33 Å². The lowest BCUT2D eigenvalue weighted by atomic mass is 10.5. The molecule has 1 saturated carbocycles. The Hall–Kier alpha value is 0.960. The number of halogens is 2. The van der Waals surface area contributed by atoms with Crippen LogP contribution in [0.1, 0.15) is 6.42 Å². The van der Waals surface area contributed by atoms with E-state index in [1.165, 1.54) is 11.8 Å². The minimum Gasteiger partial charge on any atom is -0.0925 e. The van der Waals surface area contributed by atoms with E-state index in [0.717, 1.165) is 10.7 Å². The van der Waals surface area contributed by atoms with Crippen molar-refractivity contribution < 1.29 is 0 Å². The summed E-state index contributed by atoms with van der Waals surface area (Å²) in [6.07, 6.45) is 1.37. The van der Waals surface area contributed by atoms with Gasteiger partial charge < -0.3 is 0 Å². The predicted molar refractivity (Wildman–Crippen MR) is 34.6 cm³/mol. The Bertz CT molecular complexity index is 51.5. The molecule has 2 heteroatoms. The van der Waals surface area contributed by atoms with Gasteiger partial charge in [-0.05, 0) is 12.3 Å². The van der Waals surface area contributed by atoms with Crippen molar-refractivity contribution in [2.24, 2.45) is 5.92 Å². The zero-order valence-corrected chi connectivity index (χ0v) is 6.50. The van der Waals surface area contributed by atoms with E-state index >= 15 is 0 Å². The van der Waals surface area contributed by atoms with Crippen molar-refractivity contribution in [1.29, 1.82) is 0 Å². The van der Waals surface area contributed by atoms with Crippen LogP contribution in [0.5, 0.6) is 0 Å². The van der Waals surface area contributed by atoms with Gasteiger partial charge in [0.25, 0.3) is 0 Å². The van der Waals surface area contributed by atoms with Crippen LogP contribution in [0.2, 0.25) is 0 Å². The fraction of sp³-hybridized carbons (Fsp3) is 1.00. The van der Waals surface area contributed by atoms with Crippen molar-refractivity contribution >= 4 is 31.9 Å². The number of rotatable bonds is 1. The van der Waals surface area contributed by atoms with Crippen LogP contribution < -0.4 is 0 Å². The van der Waals surface area contributed by atoms with Crippen LogP contribution in [-0.4, -0.2) is 10.2 Å². The molecule has 0 aromatic rings. The van der Waals surface area contributed by atoms with E-state index in [-0.39, 0.29) is 0 Å². The highest BCUT2D eigenvalue weighted by Gasteiger charge is 2.32. The SMILES string of the molecule is BrC[C@H]1CC1Br. The van der Waals surface area contributed by atoms with Crippen molar-refractivity contribution in [1.82, 2.24) is 0 Å². The van der Waals surface area contributed by atoms with Crippen molar-refractivity contribution in [3.8, 4) is 0 Å². The highest BCUT2D eigenvalue weighted by Crippen LogP contribution is 2.38. The molecule has 1 unspecified atom stereocenters. The number of hydrogen-bond acceptors (Lipinski definition) is 0. The Kier molecular flexibility index (Phi) is 1.55. The fourth-order valence-corrected chi connectivity index (χ4v) is 2.25. The van der Waals surface area contributed by atoms with Gasteiger partial charge in [0.2, 0.25) is 0 Å². The standard InChI is InChI=1S/C4H6Br2/c5-2-3-1-4(3)6/h3-4H,1-2H2/t3-,4?/m1/s1. The molecule has 0 radical (unpaired) electrons. The normalized spacial score (nSPS) is 43.0. The van der Waals surface area contributed by atoms with Crippen molar-refractivity contribution in [3.63, 3.8) is 0 Å². The summed E-state index contributed by atoms with van der Waals surface area (Å²) in [6, 6.07) is 0. The molecule has 1 aliphatic rings. The zero-order chi connectivity index (χ0) is 4.57. The van der Waals surface area contributed by atoms with Crippen LogP contribution in [0.3, 0.4) is 0 Å². The van der Waals surface area contributed by atoms with Gasteiger partial charge in [0.1, 0.15) is 0 Å². The monoisotopic (exact) mass is 212 g/mol. The Morgan fingerprint density at radius 1 is 1.67 bits per heavy atom. The zero-order valence-electron chi connectivity index (χ0n) is 3.32. The first-order valence-electron chi connectivity index (χ1n) is 2.04. The Labute approximate surface area is 54.6 Å². The van der Waals surface area contributed by atoms with Gasteiger partial charge in [0.15, 0.2) is 0 Å². The molecular formula is C4H6Br2. The molecular weight excluding hydrogens is 208 g/mol. The Morgan fingerprint density at radius 3 is 2.17 bits per heavy atom. The van der Waals surface area contributed by atoms with Crippen LogP contribution in [-0.2, 0) is 0 Å². The van der Waals surface area contributed by atoms with Gasteiger partial charge in [-0.2, -0.15) is 0 Å². The molecule has 0 saturated heterocycles. The third-order valence-electron chi connectivity index (χ3n) is 1.03. The number of alkyl halides is 2. The first-order chi connectivity index (χ1) is 2.84. The minimum absolute atomic E-state index is 0.830. The first kappa shape index (κ1) is 5.10. The lowest BCUT2D eigenvalue weighted by Crippen LogP contribution is -1.75. The van der Waals surface area contributed by atoms with Gasteiger partial charge in [-0.3, -0.25) is 0 Å². The van der Waals surface area contributed by atoms with Crippen LogP contribution >= 0.6 is 31.9 Å². The largest absolute Gasteiger partial charge is 0.0925 e. The van der Waals surface area contributed by atoms with Crippen molar-refractivity contribution in [2.45, 2.75) is 11.2 Å². The summed E-state index contributed by atoms with van der Waals surface area (Å²) in [5.74, 6) is 0.935. The molecule has 1 aliphatic carbocycles. The van der Waals surface area contributed by atoms with E-state index in [4.69, 9.17) is 0 Å². The van der Waals surface area contributed by atoms with Crippen molar-refractivity contribution in [3.05, 3.63) is 0 Å². The highest BCUT2D eigenvalue weighted by atomic mass is 79.9. The van der Waals surface area contributed by atoms with Gasteiger partial charge in [0.05, 0.1) is 0 Å². The van der Waals surface area contributed by atoms with E-state index in [2.05, 4.69) is 31.9 Å². The average Bonchev–Trinajstić information content (AvgIpc) is 2.19. The number of hydrogen-bond donors (Lipinski definition) is 0. The topological polar surface area (TPSA) is 0 Å². The Morgan fingerprint density at radius 2 is 2.17 bits per heavy atom. The molecule has 0 aliphatic heterocycles. The maximum Gasteiger partial charge on any atom is 0.0185 e. The molecule has 1 fully saturated rings. The van der Waals surface area contributed by atoms with Gasteiger partial charge in [-0.25, -0.2) is 0 Å². The highest BCUT2D eigenvalue weighted by molar-refractivity contribution is 9.10. The third-order valence-corrected chi connectivity index (χ3v) is 2.99. The summed E-state index contributed by atoms with van der Waals surface area (Å²) in [7, 11) is 0. The van der Waals surface area contributed by atoms with Gasteiger partial charge in [0, 0.05) is 10.2 Å². The second-order valence-corrected chi connectivity index (χ2v) is 3.49. The summed E-state index contributed by atoms with van der Waals surface area (Å²) in [4.78, 5) is 0.830. The van der Waals surface area contributed by atoms with E-state index in [0.29, 0.717) is 0 Å². The molecule has 2 atom stereocenters.